The number of allylic oxidation sites excluding steroid dienone is 1. The molecular formula is C11H11NO6. The van der Waals surface area contributed by atoms with Crippen LogP contribution in [0.25, 0.3) is 0 Å². The van der Waals surface area contributed by atoms with Crippen molar-refractivity contribution in [2.24, 2.45) is 17.8 Å². The zero-order chi connectivity index (χ0) is 13.4. The van der Waals surface area contributed by atoms with Gasteiger partial charge < -0.3 is 4.74 Å². The Morgan fingerprint density at radius 1 is 1.44 bits per heavy atom. The summed E-state index contributed by atoms with van der Waals surface area (Å²) in [5, 5.41) is 10.7. The van der Waals surface area contributed by atoms with Crippen molar-refractivity contribution >= 4 is 17.5 Å². The molecule has 1 fully saturated rings. The predicted molar refractivity (Wildman–Crippen MR) is 57.0 cm³/mol. The number of carbonyl (C=O) groups is 3. The van der Waals surface area contributed by atoms with Crippen molar-refractivity contribution in [3.8, 4) is 0 Å². The number of hydrogen-bond donors (Lipinski definition) is 0. The summed E-state index contributed by atoms with van der Waals surface area (Å²) in [5.74, 6) is -4.75. The number of Topliss-reactive ketones (excluding diaryl/α,β-unsaturated/α-hetero) is 2. The first kappa shape index (κ1) is 12.4. The average molecular weight is 253 g/mol. The third-order valence-electron chi connectivity index (χ3n) is 3.47. The lowest BCUT2D eigenvalue weighted by Gasteiger charge is -2.24. The monoisotopic (exact) mass is 253 g/mol. The molecule has 96 valence electrons. The summed E-state index contributed by atoms with van der Waals surface area (Å²) in [5.41, 5.74) is 0. The minimum atomic E-state index is -1.83. The van der Waals surface area contributed by atoms with Crippen LogP contribution in [-0.4, -0.2) is 35.6 Å². The lowest BCUT2D eigenvalue weighted by atomic mass is 9.77. The maximum absolute atomic E-state index is 11.9. The van der Waals surface area contributed by atoms with Crippen molar-refractivity contribution in [3.05, 3.63) is 22.3 Å². The lowest BCUT2D eigenvalue weighted by molar-refractivity contribution is -0.492. The summed E-state index contributed by atoms with van der Waals surface area (Å²) in [6, 6.07) is -1.83. The molecule has 0 aromatic heterocycles. The van der Waals surface area contributed by atoms with Crippen LogP contribution in [0.5, 0.6) is 0 Å². The second-order valence-electron chi connectivity index (χ2n) is 4.34. The molecule has 0 heterocycles. The molecule has 2 rings (SSSR count). The van der Waals surface area contributed by atoms with Gasteiger partial charge in [0.15, 0.2) is 0 Å². The molecule has 0 radical (unpaired) electrons. The summed E-state index contributed by atoms with van der Waals surface area (Å²) >= 11 is 0. The molecule has 0 spiro atoms. The van der Waals surface area contributed by atoms with Crippen LogP contribution in [0.1, 0.15) is 6.42 Å². The van der Waals surface area contributed by atoms with E-state index in [1.807, 2.05) is 0 Å². The maximum Gasteiger partial charge on any atom is 0.328 e. The summed E-state index contributed by atoms with van der Waals surface area (Å²) in [6.45, 7) is 0. The van der Waals surface area contributed by atoms with Crippen molar-refractivity contribution in [1.82, 2.24) is 0 Å². The fourth-order valence-electron chi connectivity index (χ4n) is 2.65. The molecular weight excluding hydrogens is 242 g/mol. The van der Waals surface area contributed by atoms with Gasteiger partial charge in [-0.25, -0.2) is 0 Å². The Morgan fingerprint density at radius 2 is 2.11 bits per heavy atom. The molecule has 18 heavy (non-hydrogen) atoms. The van der Waals surface area contributed by atoms with Crippen molar-refractivity contribution in [1.29, 1.82) is 0 Å². The highest BCUT2D eigenvalue weighted by Gasteiger charge is 2.59. The zero-order valence-electron chi connectivity index (χ0n) is 9.57. The number of hydrogen-bond acceptors (Lipinski definition) is 6. The Morgan fingerprint density at radius 3 is 2.67 bits per heavy atom. The largest absolute Gasteiger partial charge is 0.469 e. The Balaban J connectivity index is 2.38. The van der Waals surface area contributed by atoms with Crippen LogP contribution in [0.4, 0.5) is 0 Å². The van der Waals surface area contributed by atoms with Crippen LogP contribution in [-0.2, 0) is 19.1 Å². The molecule has 0 bridgehead atoms. The molecule has 7 heteroatoms. The van der Waals surface area contributed by atoms with E-state index in [0.29, 0.717) is 0 Å². The molecule has 2 aliphatic carbocycles. The van der Waals surface area contributed by atoms with Crippen molar-refractivity contribution in [3.63, 3.8) is 0 Å². The van der Waals surface area contributed by atoms with E-state index in [9.17, 15) is 24.5 Å². The molecule has 0 aromatic carbocycles. The third kappa shape index (κ3) is 1.62. The second kappa shape index (κ2) is 4.32. The van der Waals surface area contributed by atoms with E-state index in [4.69, 9.17) is 0 Å². The van der Waals surface area contributed by atoms with E-state index in [1.165, 1.54) is 13.2 Å². The fourth-order valence-corrected chi connectivity index (χ4v) is 2.65. The van der Waals surface area contributed by atoms with Gasteiger partial charge in [-0.05, 0) is 6.42 Å². The van der Waals surface area contributed by atoms with Crippen LogP contribution in [0.15, 0.2) is 12.2 Å². The molecule has 4 atom stereocenters. The number of ether oxygens (including phenoxy) is 1. The summed E-state index contributed by atoms with van der Waals surface area (Å²) in [7, 11) is 1.17. The highest BCUT2D eigenvalue weighted by molar-refractivity contribution is 6.15. The average Bonchev–Trinajstić information content (AvgIpc) is 2.61. The lowest BCUT2D eigenvalue weighted by Crippen LogP contribution is -2.35. The molecule has 1 saturated carbocycles. The second-order valence-corrected chi connectivity index (χ2v) is 4.34. The van der Waals surface area contributed by atoms with E-state index < -0.39 is 46.3 Å². The van der Waals surface area contributed by atoms with E-state index >= 15 is 0 Å². The number of carbonyl (C=O) groups excluding carboxylic acids is 3. The van der Waals surface area contributed by atoms with Crippen molar-refractivity contribution in [2.75, 3.05) is 7.11 Å². The zero-order valence-corrected chi connectivity index (χ0v) is 9.57. The number of nitrogens with zero attached hydrogens (tertiary/aromatic N) is 1. The number of methoxy groups -OCH3 is 1. The van der Waals surface area contributed by atoms with Gasteiger partial charge in [-0.3, -0.25) is 24.5 Å². The topological polar surface area (TPSA) is 104 Å². The van der Waals surface area contributed by atoms with Crippen molar-refractivity contribution < 1.29 is 24.0 Å². The quantitative estimate of drug-likeness (QED) is 0.221. The smallest absolute Gasteiger partial charge is 0.328 e. The van der Waals surface area contributed by atoms with Gasteiger partial charge in [0.25, 0.3) is 0 Å². The van der Waals surface area contributed by atoms with Gasteiger partial charge in [0.05, 0.1) is 18.9 Å². The Kier molecular flexibility index (Phi) is 2.98. The van der Waals surface area contributed by atoms with Crippen LogP contribution in [0.2, 0.25) is 0 Å². The van der Waals surface area contributed by atoms with Gasteiger partial charge in [-0.15, -0.1) is 0 Å². The number of fused-ring (bicyclic) bond motifs is 1. The summed E-state index contributed by atoms with van der Waals surface area (Å²) in [4.78, 5) is 45.1. The first-order valence-electron chi connectivity index (χ1n) is 5.44. The van der Waals surface area contributed by atoms with Crippen LogP contribution < -0.4 is 0 Å². The molecule has 0 aromatic rings. The first-order valence-corrected chi connectivity index (χ1v) is 5.44. The Bertz CT molecular complexity index is 468. The van der Waals surface area contributed by atoms with Crippen LogP contribution in [0, 0.1) is 27.9 Å². The molecule has 0 amide bonds. The standard InChI is InChI=1S/C11H11NO6/c1-18-11(15)6-4-2-3-5-7(6)10(14)8(9(5)13)12(16)17/h2,4-8H,3H2,1H3. The van der Waals surface area contributed by atoms with Gasteiger partial charge >= 0.3 is 12.0 Å². The van der Waals surface area contributed by atoms with Crippen LogP contribution in [0.3, 0.4) is 0 Å². The molecule has 0 aliphatic heterocycles. The summed E-state index contributed by atoms with van der Waals surface area (Å²) in [6.07, 6.45) is 3.34. The van der Waals surface area contributed by atoms with Gasteiger partial charge in [-0.2, -0.15) is 0 Å². The first-order chi connectivity index (χ1) is 8.49. The van der Waals surface area contributed by atoms with Gasteiger partial charge in [-0.1, -0.05) is 12.2 Å². The van der Waals surface area contributed by atoms with Crippen molar-refractivity contribution in [2.45, 2.75) is 12.5 Å². The van der Waals surface area contributed by atoms with E-state index in [-0.39, 0.29) is 6.42 Å². The molecule has 2 aliphatic rings. The highest BCUT2D eigenvalue weighted by atomic mass is 16.6. The highest BCUT2D eigenvalue weighted by Crippen LogP contribution is 2.39. The third-order valence-corrected chi connectivity index (χ3v) is 3.47. The number of nitro groups is 1. The fraction of sp³-hybridized carbons (Fsp3) is 0.545. The number of ketones is 2. The SMILES string of the molecule is COC(=O)C1C=CCC2C(=O)C([N+](=O)[O-])C(=O)C12. The normalized spacial score (nSPS) is 34.3. The molecule has 0 N–H and O–H groups in total. The number of rotatable bonds is 2. The molecule has 4 unspecified atom stereocenters. The van der Waals surface area contributed by atoms with Crippen LogP contribution >= 0.6 is 0 Å². The maximum atomic E-state index is 11.9. The molecule has 7 nitrogen and oxygen atoms in total. The summed E-state index contributed by atoms with van der Waals surface area (Å²) < 4.78 is 4.55. The van der Waals surface area contributed by atoms with E-state index in [0.717, 1.165) is 0 Å². The Hall–Kier alpha value is -2.05. The predicted octanol–water partition coefficient (Wildman–Crippen LogP) is -0.235. The van der Waals surface area contributed by atoms with Gasteiger partial charge in [0.2, 0.25) is 11.6 Å². The minimum Gasteiger partial charge on any atom is -0.469 e. The molecule has 0 saturated heterocycles. The van der Waals surface area contributed by atoms with E-state index in [2.05, 4.69) is 4.74 Å². The number of esters is 1. The van der Waals surface area contributed by atoms with Gasteiger partial charge in [0.1, 0.15) is 0 Å². The van der Waals surface area contributed by atoms with Gasteiger partial charge in [0, 0.05) is 10.8 Å². The minimum absolute atomic E-state index is 0.257. The Labute approximate surface area is 102 Å². The van der Waals surface area contributed by atoms with E-state index in [1.54, 1.807) is 6.08 Å².